The maximum absolute atomic E-state index is 12.3. The van der Waals surface area contributed by atoms with Crippen LogP contribution in [0.25, 0.3) is 0 Å². The van der Waals surface area contributed by atoms with Gasteiger partial charge in [0.05, 0.1) is 16.8 Å². The Hall–Kier alpha value is -1.71. The highest BCUT2D eigenvalue weighted by atomic mass is 35.5. The average Bonchev–Trinajstić information content (AvgIpc) is 2.49. The van der Waals surface area contributed by atoms with E-state index in [9.17, 15) is 4.79 Å². The zero-order valence-corrected chi connectivity index (χ0v) is 13.3. The van der Waals surface area contributed by atoms with E-state index in [4.69, 9.17) is 23.2 Å². The highest BCUT2D eigenvalue weighted by Crippen LogP contribution is 2.24. The number of nitrogens with one attached hydrogen (secondary N) is 1. The van der Waals surface area contributed by atoms with Crippen molar-refractivity contribution in [1.82, 2.24) is 4.90 Å². The third-order valence-corrected chi connectivity index (χ3v) is 3.95. The van der Waals surface area contributed by atoms with E-state index in [1.54, 1.807) is 24.1 Å². The minimum absolute atomic E-state index is 0.0789. The summed E-state index contributed by atoms with van der Waals surface area (Å²) in [6.45, 7) is 1.95. The van der Waals surface area contributed by atoms with Crippen LogP contribution in [0, 0.1) is 0 Å². The lowest BCUT2D eigenvalue weighted by atomic mass is 10.1. The molecule has 1 atom stereocenters. The average molecular weight is 323 g/mol. The van der Waals surface area contributed by atoms with Gasteiger partial charge in [-0.2, -0.15) is 0 Å². The van der Waals surface area contributed by atoms with Gasteiger partial charge in [-0.15, -0.1) is 0 Å². The number of rotatable bonds is 3. The quantitative estimate of drug-likeness (QED) is 0.825. The molecule has 2 aromatic rings. The smallest absolute Gasteiger partial charge is 0.321 e. The molecular formula is C16H16Cl2N2O. The monoisotopic (exact) mass is 322 g/mol. The minimum Gasteiger partial charge on any atom is -0.321 e. The predicted molar refractivity (Wildman–Crippen MR) is 88.1 cm³/mol. The van der Waals surface area contributed by atoms with Gasteiger partial charge < -0.3 is 10.2 Å². The van der Waals surface area contributed by atoms with Crippen molar-refractivity contribution in [3.8, 4) is 0 Å². The second kappa shape index (κ2) is 6.83. The van der Waals surface area contributed by atoms with Crippen LogP contribution >= 0.6 is 23.2 Å². The summed E-state index contributed by atoms with van der Waals surface area (Å²) in [4.78, 5) is 13.9. The number of carbonyl (C=O) groups excluding carboxylic acids is 1. The van der Waals surface area contributed by atoms with Crippen LogP contribution < -0.4 is 5.32 Å². The van der Waals surface area contributed by atoms with Crippen molar-refractivity contribution in [1.29, 1.82) is 0 Å². The number of carbonyl (C=O) groups is 1. The highest BCUT2D eigenvalue weighted by Gasteiger charge is 2.18. The second-order valence-electron chi connectivity index (χ2n) is 4.75. The first kappa shape index (κ1) is 15.7. The third-order valence-electron chi connectivity index (χ3n) is 3.37. The number of halogens is 2. The number of benzene rings is 2. The Morgan fingerprint density at radius 1 is 1.10 bits per heavy atom. The Balaban J connectivity index is 2.08. The zero-order valence-electron chi connectivity index (χ0n) is 11.8. The molecule has 21 heavy (non-hydrogen) atoms. The molecule has 0 aliphatic rings. The number of anilines is 1. The molecule has 0 saturated carbocycles. The van der Waals surface area contributed by atoms with Gasteiger partial charge in [0.25, 0.3) is 0 Å². The maximum atomic E-state index is 12.3. The van der Waals surface area contributed by atoms with E-state index in [0.29, 0.717) is 15.7 Å². The van der Waals surface area contributed by atoms with Crippen LogP contribution in [0.4, 0.5) is 10.5 Å². The van der Waals surface area contributed by atoms with Gasteiger partial charge in [-0.25, -0.2) is 4.79 Å². The summed E-state index contributed by atoms with van der Waals surface area (Å²) in [5.74, 6) is 0. The van der Waals surface area contributed by atoms with E-state index in [0.717, 1.165) is 5.56 Å². The van der Waals surface area contributed by atoms with E-state index in [-0.39, 0.29) is 12.1 Å². The maximum Gasteiger partial charge on any atom is 0.322 e. The summed E-state index contributed by atoms with van der Waals surface area (Å²) in [5.41, 5.74) is 1.61. The fraction of sp³-hybridized carbons (Fsp3) is 0.188. The molecular weight excluding hydrogens is 307 g/mol. The van der Waals surface area contributed by atoms with Crippen molar-refractivity contribution in [2.45, 2.75) is 13.0 Å². The lowest BCUT2D eigenvalue weighted by molar-refractivity contribution is 0.208. The van der Waals surface area contributed by atoms with E-state index < -0.39 is 0 Å². The molecule has 0 aliphatic heterocycles. The van der Waals surface area contributed by atoms with E-state index >= 15 is 0 Å². The van der Waals surface area contributed by atoms with Gasteiger partial charge in [0, 0.05) is 12.1 Å². The van der Waals surface area contributed by atoms with Crippen LogP contribution in [0.2, 0.25) is 10.0 Å². The molecule has 2 amide bonds. The Labute approximate surface area is 134 Å². The van der Waals surface area contributed by atoms with Gasteiger partial charge in [0.2, 0.25) is 0 Å². The third kappa shape index (κ3) is 3.90. The van der Waals surface area contributed by atoms with Gasteiger partial charge in [-0.3, -0.25) is 0 Å². The molecule has 0 spiro atoms. The summed E-state index contributed by atoms with van der Waals surface area (Å²) >= 11 is 11.9. The fourth-order valence-electron chi connectivity index (χ4n) is 1.91. The van der Waals surface area contributed by atoms with Crippen LogP contribution in [-0.4, -0.2) is 18.0 Å². The lowest BCUT2D eigenvalue weighted by Gasteiger charge is -2.25. The zero-order chi connectivity index (χ0) is 15.4. The normalized spacial score (nSPS) is 11.8. The molecule has 110 valence electrons. The molecule has 0 radical (unpaired) electrons. The number of urea groups is 1. The highest BCUT2D eigenvalue weighted by molar-refractivity contribution is 6.33. The number of amides is 2. The predicted octanol–water partition coefficient (Wildman–Crippen LogP) is 5.22. The first-order valence-electron chi connectivity index (χ1n) is 6.53. The van der Waals surface area contributed by atoms with Crippen molar-refractivity contribution in [2.75, 3.05) is 12.4 Å². The van der Waals surface area contributed by atoms with Crippen molar-refractivity contribution in [2.24, 2.45) is 0 Å². The summed E-state index contributed by atoms with van der Waals surface area (Å²) in [5, 5.41) is 3.99. The molecule has 5 heteroatoms. The van der Waals surface area contributed by atoms with E-state index in [1.807, 2.05) is 43.3 Å². The molecule has 1 unspecified atom stereocenters. The molecule has 3 nitrogen and oxygen atoms in total. The first-order chi connectivity index (χ1) is 9.99. The molecule has 0 fully saturated rings. The molecule has 0 heterocycles. The van der Waals surface area contributed by atoms with Gasteiger partial charge in [-0.05, 0) is 36.8 Å². The van der Waals surface area contributed by atoms with Crippen molar-refractivity contribution >= 4 is 34.9 Å². The summed E-state index contributed by atoms with van der Waals surface area (Å²) in [7, 11) is 1.74. The van der Waals surface area contributed by atoms with Crippen LogP contribution in [0.5, 0.6) is 0 Å². The summed E-state index contributed by atoms with van der Waals surface area (Å²) in [6.07, 6.45) is 0. The summed E-state index contributed by atoms with van der Waals surface area (Å²) in [6, 6.07) is 14.3. The fourth-order valence-corrected chi connectivity index (χ4v) is 2.22. The molecule has 0 bridgehead atoms. The Bertz CT molecular complexity index is 628. The molecule has 2 rings (SSSR count). The van der Waals surface area contributed by atoms with Crippen LogP contribution in [-0.2, 0) is 0 Å². The van der Waals surface area contributed by atoms with Gasteiger partial charge >= 0.3 is 6.03 Å². The Kier molecular flexibility index (Phi) is 5.10. The van der Waals surface area contributed by atoms with Gasteiger partial charge in [0.1, 0.15) is 0 Å². The molecule has 1 N–H and O–H groups in total. The van der Waals surface area contributed by atoms with Crippen LogP contribution in [0.15, 0.2) is 48.5 Å². The van der Waals surface area contributed by atoms with Crippen LogP contribution in [0.3, 0.4) is 0 Å². The number of hydrogen-bond acceptors (Lipinski definition) is 1. The standard InChI is InChI=1S/C16H16Cl2N2O/c1-11(12-7-9-13(17)10-8-12)20(2)16(21)19-15-6-4-3-5-14(15)18/h3-11H,1-2H3,(H,19,21). The SMILES string of the molecule is CC(c1ccc(Cl)cc1)N(C)C(=O)Nc1ccccc1Cl. The lowest BCUT2D eigenvalue weighted by Crippen LogP contribution is -2.33. The van der Waals surface area contributed by atoms with E-state index in [1.165, 1.54) is 0 Å². The Morgan fingerprint density at radius 2 is 1.71 bits per heavy atom. The molecule has 0 saturated heterocycles. The van der Waals surface area contributed by atoms with Gasteiger partial charge in [0.15, 0.2) is 0 Å². The molecule has 0 aromatic heterocycles. The second-order valence-corrected chi connectivity index (χ2v) is 5.59. The van der Waals surface area contributed by atoms with E-state index in [2.05, 4.69) is 5.32 Å². The number of hydrogen-bond donors (Lipinski definition) is 1. The topological polar surface area (TPSA) is 32.3 Å². The Morgan fingerprint density at radius 3 is 2.33 bits per heavy atom. The number of nitrogens with zero attached hydrogens (tertiary/aromatic N) is 1. The molecule has 2 aromatic carbocycles. The summed E-state index contributed by atoms with van der Waals surface area (Å²) < 4.78 is 0. The minimum atomic E-state index is -0.217. The van der Waals surface area contributed by atoms with Crippen molar-refractivity contribution < 1.29 is 4.79 Å². The largest absolute Gasteiger partial charge is 0.322 e. The number of para-hydroxylation sites is 1. The molecule has 0 aliphatic carbocycles. The first-order valence-corrected chi connectivity index (χ1v) is 7.28. The van der Waals surface area contributed by atoms with Gasteiger partial charge in [-0.1, -0.05) is 47.5 Å². The van der Waals surface area contributed by atoms with Crippen LogP contribution in [0.1, 0.15) is 18.5 Å². The van der Waals surface area contributed by atoms with Crippen molar-refractivity contribution in [3.05, 3.63) is 64.1 Å². The van der Waals surface area contributed by atoms with Crippen molar-refractivity contribution in [3.63, 3.8) is 0 Å².